The molecule has 0 bridgehead atoms. The van der Waals surface area contributed by atoms with Crippen LogP contribution in [0.4, 0.5) is 0 Å². The highest BCUT2D eigenvalue weighted by Crippen LogP contribution is 2.44. The van der Waals surface area contributed by atoms with Gasteiger partial charge in [-0.3, -0.25) is 0 Å². The Hall–Kier alpha value is -6.32. The average Bonchev–Trinajstić information content (AvgIpc) is 3.79. The van der Waals surface area contributed by atoms with Crippen molar-refractivity contribution in [3.05, 3.63) is 158 Å². The zero-order valence-electron chi connectivity index (χ0n) is 25.3. The molecular formula is C44H26N2O. The van der Waals surface area contributed by atoms with Crippen molar-refractivity contribution in [3.63, 3.8) is 0 Å². The first-order chi connectivity index (χ1) is 23.3. The molecule has 0 saturated heterocycles. The standard InChI is InChI=1S/C44H26N2O/c1-2-11-29(12-3-1)45-38-17-8-10-27-20-22-33-30(23-25-39(45)43(33)42(27)38)28-21-24-37-35(26-28)31-13-4-6-16-36(31)46(37)40-18-9-15-34-32-14-5-7-19-41(32)47-44(34)40/h1-26H. The summed E-state index contributed by atoms with van der Waals surface area (Å²) >= 11 is 0. The number of furan rings is 1. The lowest BCUT2D eigenvalue weighted by Crippen LogP contribution is -1.94. The van der Waals surface area contributed by atoms with Crippen LogP contribution in [0.1, 0.15) is 0 Å². The van der Waals surface area contributed by atoms with E-state index in [2.05, 4.69) is 161 Å². The molecule has 0 unspecified atom stereocenters. The van der Waals surface area contributed by atoms with Crippen molar-refractivity contribution in [2.45, 2.75) is 0 Å². The summed E-state index contributed by atoms with van der Waals surface area (Å²) in [6.07, 6.45) is 0. The second-order valence-electron chi connectivity index (χ2n) is 12.5. The number of hydrogen-bond acceptors (Lipinski definition) is 1. The molecule has 3 heteroatoms. The van der Waals surface area contributed by atoms with Gasteiger partial charge in [0, 0.05) is 38.0 Å². The highest BCUT2D eigenvalue weighted by atomic mass is 16.3. The van der Waals surface area contributed by atoms with Crippen molar-refractivity contribution in [2.75, 3.05) is 0 Å². The van der Waals surface area contributed by atoms with E-state index in [1.807, 2.05) is 6.07 Å². The van der Waals surface area contributed by atoms with Gasteiger partial charge in [-0.2, -0.15) is 0 Å². The number of nitrogens with zero attached hydrogens (tertiary/aromatic N) is 2. The molecule has 0 N–H and O–H groups in total. The van der Waals surface area contributed by atoms with Gasteiger partial charge in [-0.15, -0.1) is 0 Å². The second kappa shape index (κ2) is 9.12. The molecule has 0 aliphatic rings. The van der Waals surface area contributed by atoms with Gasteiger partial charge in [0.25, 0.3) is 0 Å². The second-order valence-corrected chi connectivity index (χ2v) is 12.5. The maximum atomic E-state index is 6.51. The Morgan fingerprint density at radius 1 is 0.404 bits per heavy atom. The van der Waals surface area contributed by atoms with E-state index in [0.717, 1.165) is 33.1 Å². The van der Waals surface area contributed by atoms with Gasteiger partial charge >= 0.3 is 0 Å². The van der Waals surface area contributed by atoms with Gasteiger partial charge in [-0.05, 0) is 76.5 Å². The summed E-state index contributed by atoms with van der Waals surface area (Å²) in [4.78, 5) is 0. The maximum Gasteiger partial charge on any atom is 0.159 e. The topological polar surface area (TPSA) is 23.0 Å². The summed E-state index contributed by atoms with van der Waals surface area (Å²) in [6, 6.07) is 57.0. The third-order valence-corrected chi connectivity index (χ3v) is 10.1. The van der Waals surface area contributed by atoms with Gasteiger partial charge in [0.05, 0.1) is 27.8 Å². The lowest BCUT2D eigenvalue weighted by Gasteiger charge is -2.11. The maximum absolute atomic E-state index is 6.51. The molecular weight excluding hydrogens is 572 g/mol. The predicted octanol–water partition coefficient (Wildman–Crippen LogP) is 12.0. The number of benzene rings is 8. The van der Waals surface area contributed by atoms with Crippen molar-refractivity contribution >= 4 is 76.3 Å². The smallest absolute Gasteiger partial charge is 0.159 e. The van der Waals surface area contributed by atoms with E-state index < -0.39 is 0 Å². The number of aromatic nitrogens is 2. The minimum atomic E-state index is 0.908. The molecule has 0 saturated carbocycles. The SMILES string of the molecule is c1ccc(-n2c3cccc4ccc5c(-c6ccc7c(c6)c6ccccc6n7-c6cccc7c6oc6ccccc67)ccc2c5c43)cc1. The molecule has 0 radical (unpaired) electrons. The Balaban J connectivity index is 1.18. The van der Waals surface area contributed by atoms with Crippen molar-refractivity contribution in [1.82, 2.24) is 9.13 Å². The molecule has 47 heavy (non-hydrogen) atoms. The van der Waals surface area contributed by atoms with Crippen molar-refractivity contribution in [2.24, 2.45) is 0 Å². The summed E-state index contributed by atoms with van der Waals surface area (Å²) < 4.78 is 11.3. The van der Waals surface area contributed by atoms with Crippen molar-refractivity contribution in [1.29, 1.82) is 0 Å². The Morgan fingerprint density at radius 2 is 1.13 bits per heavy atom. The molecule has 218 valence electrons. The first-order valence-corrected chi connectivity index (χ1v) is 16.1. The molecule has 11 rings (SSSR count). The number of fused-ring (bicyclic) bond motifs is 6. The molecule has 0 atom stereocenters. The fourth-order valence-corrected chi connectivity index (χ4v) is 8.10. The summed E-state index contributed by atoms with van der Waals surface area (Å²) in [6.45, 7) is 0. The Bertz CT molecular complexity index is 3010. The highest BCUT2D eigenvalue weighted by Gasteiger charge is 2.21. The van der Waals surface area contributed by atoms with Gasteiger partial charge in [0.15, 0.2) is 5.58 Å². The van der Waals surface area contributed by atoms with E-state index in [9.17, 15) is 0 Å². The lowest BCUT2D eigenvalue weighted by molar-refractivity contribution is 0.666. The first-order valence-electron chi connectivity index (χ1n) is 16.1. The number of para-hydroxylation sites is 4. The van der Waals surface area contributed by atoms with Crippen LogP contribution in [-0.2, 0) is 0 Å². The normalized spacial score (nSPS) is 12.3. The van der Waals surface area contributed by atoms with E-state index in [-0.39, 0.29) is 0 Å². The van der Waals surface area contributed by atoms with E-state index in [4.69, 9.17) is 4.42 Å². The summed E-state index contributed by atoms with van der Waals surface area (Å²) in [5, 5.41) is 9.91. The largest absolute Gasteiger partial charge is 0.454 e. The molecule has 3 nitrogen and oxygen atoms in total. The molecule has 0 spiro atoms. The number of hydrogen-bond donors (Lipinski definition) is 0. The lowest BCUT2D eigenvalue weighted by atomic mass is 9.94. The fourth-order valence-electron chi connectivity index (χ4n) is 8.10. The third kappa shape index (κ3) is 3.30. The van der Waals surface area contributed by atoms with Crippen LogP contribution in [-0.4, -0.2) is 9.13 Å². The van der Waals surface area contributed by atoms with Crippen LogP contribution in [0.25, 0.3) is 98.8 Å². The quantitative estimate of drug-likeness (QED) is 0.186. The van der Waals surface area contributed by atoms with Gasteiger partial charge in [0.1, 0.15) is 5.58 Å². The Morgan fingerprint density at radius 3 is 2.06 bits per heavy atom. The molecule has 0 amide bonds. The van der Waals surface area contributed by atoms with E-state index in [1.54, 1.807) is 0 Å². The molecule has 0 aliphatic heterocycles. The average molecular weight is 599 g/mol. The third-order valence-electron chi connectivity index (χ3n) is 10.1. The molecule has 3 heterocycles. The van der Waals surface area contributed by atoms with Crippen LogP contribution >= 0.6 is 0 Å². The molecule has 0 fully saturated rings. The molecule has 3 aromatic heterocycles. The minimum Gasteiger partial charge on any atom is -0.454 e. The van der Waals surface area contributed by atoms with E-state index in [1.165, 1.54) is 65.7 Å². The van der Waals surface area contributed by atoms with Crippen LogP contribution in [0.5, 0.6) is 0 Å². The number of rotatable bonds is 3. The first kappa shape index (κ1) is 24.9. The zero-order chi connectivity index (χ0) is 30.6. The monoisotopic (exact) mass is 598 g/mol. The van der Waals surface area contributed by atoms with Gasteiger partial charge in [-0.25, -0.2) is 0 Å². The van der Waals surface area contributed by atoms with Crippen LogP contribution in [0.15, 0.2) is 162 Å². The Labute approximate surface area is 269 Å². The van der Waals surface area contributed by atoms with Gasteiger partial charge in [0.2, 0.25) is 0 Å². The highest BCUT2D eigenvalue weighted by molar-refractivity contribution is 6.27. The van der Waals surface area contributed by atoms with Gasteiger partial charge < -0.3 is 13.6 Å². The minimum absolute atomic E-state index is 0.908. The Kier molecular flexibility index (Phi) is 4.84. The predicted molar refractivity (Wildman–Crippen MR) is 197 cm³/mol. The molecule has 0 aliphatic carbocycles. The van der Waals surface area contributed by atoms with Crippen LogP contribution in [0.2, 0.25) is 0 Å². The van der Waals surface area contributed by atoms with Crippen LogP contribution < -0.4 is 0 Å². The van der Waals surface area contributed by atoms with Crippen LogP contribution in [0, 0.1) is 0 Å². The van der Waals surface area contributed by atoms with Crippen molar-refractivity contribution < 1.29 is 4.42 Å². The van der Waals surface area contributed by atoms with E-state index >= 15 is 0 Å². The van der Waals surface area contributed by atoms with Crippen LogP contribution in [0.3, 0.4) is 0 Å². The van der Waals surface area contributed by atoms with Crippen molar-refractivity contribution in [3.8, 4) is 22.5 Å². The van der Waals surface area contributed by atoms with E-state index in [0.29, 0.717) is 0 Å². The fraction of sp³-hybridized carbons (Fsp3) is 0. The zero-order valence-corrected chi connectivity index (χ0v) is 25.3. The van der Waals surface area contributed by atoms with Gasteiger partial charge in [-0.1, -0.05) is 103 Å². The summed E-state index contributed by atoms with van der Waals surface area (Å²) in [7, 11) is 0. The molecule has 11 aromatic rings. The molecule has 8 aromatic carbocycles. The summed E-state index contributed by atoms with van der Waals surface area (Å²) in [5.41, 5.74) is 11.3. The summed E-state index contributed by atoms with van der Waals surface area (Å²) in [5.74, 6) is 0.